The molecule has 1 aliphatic heterocycles. The summed E-state index contributed by atoms with van der Waals surface area (Å²) in [5.41, 5.74) is 2.29. The molecule has 1 saturated heterocycles. The topological polar surface area (TPSA) is 47.9 Å². The molecule has 0 unspecified atom stereocenters. The van der Waals surface area contributed by atoms with Crippen molar-refractivity contribution in [1.82, 2.24) is 0 Å². The van der Waals surface area contributed by atoms with Gasteiger partial charge in [-0.1, -0.05) is 91.0 Å². The van der Waals surface area contributed by atoms with E-state index in [9.17, 15) is 5.11 Å². The first-order valence-corrected chi connectivity index (χ1v) is 9.88. The summed E-state index contributed by atoms with van der Waals surface area (Å²) >= 11 is 0. The predicted octanol–water partition coefficient (Wildman–Crippen LogP) is 3.77. The van der Waals surface area contributed by atoms with Gasteiger partial charge in [0, 0.05) is 7.11 Å². The molecule has 3 aromatic rings. The zero-order valence-corrected chi connectivity index (χ0v) is 16.5. The van der Waals surface area contributed by atoms with Crippen LogP contribution in [-0.4, -0.2) is 43.7 Å². The quantitative estimate of drug-likeness (QED) is 0.624. The Morgan fingerprint density at radius 2 is 1.28 bits per heavy atom. The third kappa shape index (κ3) is 3.85. The van der Waals surface area contributed by atoms with E-state index in [0.717, 1.165) is 16.7 Å². The number of hydrogen-bond acceptors (Lipinski definition) is 4. The Balaban J connectivity index is 1.80. The van der Waals surface area contributed by atoms with Crippen LogP contribution in [0.2, 0.25) is 0 Å². The summed E-state index contributed by atoms with van der Waals surface area (Å²) in [6.45, 7) is 0.537. The minimum atomic E-state index is -0.807. The van der Waals surface area contributed by atoms with Crippen molar-refractivity contribution < 1.29 is 19.3 Å². The monoisotopic (exact) mass is 390 g/mol. The van der Waals surface area contributed by atoms with E-state index in [-0.39, 0.29) is 19.3 Å². The first-order valence-electron chi connectivity index (χ1n) is 9.88. The van der Waals surface area contributed by atoms with Crippen LogP contribution < -0.4 is 0 Å². The molecule has 3 atom stereocenters. The van der Waals surface area contributed by atoms with Gasteiger partial charge in [0.2, 0.25) is 0 Å². The molecular formula is C25H26O4. The van der Waals surface area contributed by atoms with Gasteiger partial charge in [-0.05, 0) is 16.7 Å². The first kappa shape index (κ1) is 19.8. The maximum Gasteiger partial charge on any atom is 0.143 e. The number of ether oxygens (including phenoxy) is 3. The minimum absolute atomic E-state index is 0.252. The molecule has 1 heterocycles. The maximum atomic E-state index is 10.1. The SMILES string of the molecule is CO[C@@H]1[C@H](O)CO[C@@H]1COC(c1ccccc1)(c1ccccc1)c1ccccc1. The molecule has 29 heavy (non-hydrogen) atoms. The fourth-order valence-electron chi connectivity index (χ4n) is 4.09. The molecule has 0 spiro atoms. The minimum Gasteiger partial charge on any atom is -0.388 e. The molecule has 0 radical (unpaired) electrons. The lowest BCUT2D eigenvalue weighted by Gasteiger charge is -2.37. The largest absolute Gasteiger partial charge is 0.388 e. The summed E-state index contributed by atoms with van der Waals surface area (Å²) < 4.78 is 18.0. The van der Waals surface area contributed by atoms with Gasteiger partial charge in [-0.3, -0.25) is 0 Å². The highest BCUT2D eigenvalue weighted by Crippen LogP contribution is 2.41. The molecule has 1 aliphatic rings. The zero-order chi connectivity index (χ0) is 20.1. The van der Waals surface area contributed by atoms with E-state index in [1.165, 1.54) is 0 Å². The standard InChI is InChI=1S/C25H26O4/c1-27-24-22(26)17-28-23(24)18-29-25(19-11-5-2-6-12-19,20-13-7-3-8-14-20)21-15-9-4-10-16-21/h2-16,22-24,26H,17-18H2,1H3/t22-,23-,24-/m1/s1. The number of benzene rings is 3. The van der Waals surface area contributed by atoms with Crippen molar-refractivity contribution in [3.05, 3.63) is 108 Å². The Morgan fingerprint density at radius 1 is 0.828 bits per heavy atom. The molecular weight excluding hydrogens is 364 g/mol. The van der Waals surface area contributed by atoms with E-state index in [4.69, 9.17) is 14.2 Å². The van der Waals surface area contributed by atoms with Gasteiger partial charge < -0.3 is 19.3 Å². The Hall–Kier alpha value is -2.50. The van der Waals surface area contributed by atoms with Crippen LogP contribution in [0.4, 0.5) is 0 Å². The van der Waals surface area contributed by atoms with E-state index in [2.05, 4.69) is 36.4 Å². The van der Waals surface area contributed by atoms with Gasteiger partial charge in [0.05, 0.1) is 13.2 Å². The Morgan fingerprint density at radius 3 is 1.69 bits per heavy atom. The molecule has 0 bridgehead atoms. The lowest BCUT2D eigenvalue weighted by atomic mass is 9.80. The Kier molecular flexibility index (Phi) is 6.07. The summed E-state index contributed by atoms with van der Waals surface area (Å²) in [6, 6.07) is 30.6. The molecule has 4 rings (SSSR count). The van der Waals surface area contributed by atoms with Gasteiger partial charge in [0.1, 0.15) is 23.9 Å². The second-order valence-corrected chi connectivity index (χ2v) is 7.23. The molecule has 3 aromatic carbocycles. The molecule has 0 aromatic heterocycles. The highest BCUT2D eigenvalue weighted by Gasteiger charge is 2.42. The summed E-state index contributed by atoms with van der Waals surface area (Å²) in [4.78, 5) is 0. The highest BCUT2D eigenvalue weighted by atomic mass is 16.6. The summed E-state index contributed by atoms with van der Waals surface area (Å²) in [5, 5.41) is 10.1. The van der Waals surface area contributed by atoms with Gasteiger partial charge in [-0.2, -0.15) is 0 Å². The number of aliphatic hydroxyl groups excluding tert-OH is 1. The van der Waals surface area contributed by atoms with Gasteiger partial charge in [-0.25, -0.2) is 0 Å². The zero-order valence-electron chi connectivity index (χ0n) is 16.5. The Bertz CT molecular complexity index is 786. The van der Waals surface area contributed by atoms with Gasteiger partial charge >= 0.3 is 0 Å². The van der Waals surface area contributed by atoms with Crippen molar-refractivity contribution in [2.24, 2.45) is 0 Å². The number of aliphatic hydroxyl groups is 1. The molecule has 0 amide bonds. The molecule has 1 N–H and O–H groups in total. The van der Waals surface area contributed by atoms with Crippen LogP contribution in [0.25, 0.3) is 0 Å². The molecule has 0 saturated carbocycles. The van der Waals surface area contributed by atoms with E-state index < -0.39 is 17.8 Å². The van der Waals surface area contributed by atoms with Gasteiger partial charge in [0.25, 0.3) is 0 Å². The average molecular weight is 390 g/mol. The number of hydrogen-bond donors (Lipinski definition) is 1. The van der Waals surface area contributed by atoms with Gasteiger partial charge in [-0.15, -0.1) is 0 Å². The maximum absolute atomic E-state index is 10.1. The smallest absolute Gasteiger partial charge is 0.143 e. The fraction of sp³-hybridized carbons (Fsp3) is 0.280. The molecule has 1 fully saturated rings. The highest BCUT2D eigenvalue weighted by molar-refractivity contribution is 5.47. The van der Waals surface area contributed by atoms with Crippen LogP contribution in [0, 0.1) is 0 Å². The van der Waals surface area contributed by atoms with E-state index >= 15 is 0 Å². The third-order valence-electron chi connectivity index (χ3n) is 5.50. The molecule has 150 valence electrons. The second kappa shape index (κ2) is 8.89. The van der Waals surface area contributed by atoms with Crippen LogP contribution >= 0.6 is 0 Å². The lowest BCUT2D eigenvalue weighted by molar-refractivity contribution is -0.0818. The summed E-state index contributed by atoms with van der Waals surface area (Å²) in [7, 11) is 1.59. The van der Waals surface area contributed by atoms with Crippen molar-refractivity contribution >= 4 is 0 Å². The third-order valence-corrected chi connectivity index (χ3v) is 5.50. The summed E-state index contributed by atoms with van der Waals surface area (Å²) in [5.74, 6) is 0. The van der Waals surface area contributed by atoms with Crippen LogP contribution in [0.3, 0.4) is 0 Å². The molecule has 4 nitrogen and oxygen atoms in total. The fourth-order valence-corrected chi connectivity index (χ4v) is 4.09. The number of methoxy groups -OCH3 is 1. The van der Waals surface area contributed by atoms with Crippen molar-refractivity contribution in [3.63, 3.8) is 0 Å². The second-order valence-electron chi connectivity index (χ2n) is 7.23. The average Bonchev–Trinajstić information content (AvgIpc) is 3.16. The normalized spacial score (nSPS) is 21.9. The van der Waals surface area contributed by atoms with Gasteiger partial charge in [0.15, 0.2) is 0 Å². The predicted molar refractivity (Wildman–Crippen MR) is 112 cm³/mol. The van der Waals surface area contributed by atoms with E-state index in [1.54, 1.807) is 7.11 Å². The van der Waals surface area contributed by atoms with Crippen molar-refractivity contribution in [3.8, 4) is 0 Å². The van der Waals surface area contributed by atoms with Crippen LogP contribution in [-0.2, 0) is 19.8 Å². The number of rotatable bonds is 7. The Labute approximate surface area is 171 Å². The van der Waals surface area contributed by atoms with Crippen LogP contribution in [0.5, 0.6) is 0 Å². The summed E-state index contributed by atoms with van der Waals surface area (Å²) in [6.07, 6.45) is -1.39. The van der Waals surface area contributed by atoms with Crippen molar-refractivity contribution in [2.75, 3.05) is 20.3 Å². The van der Waals surface area contributed by atoms with E-state index in [0.29, 0.717) is 0 Å². The first-order chi connectivity index (χ1) is 14.3. The van der Waals surface area contributed by atoms with Crippen molar-refractivity contribution in [2.45, 2.75) is 23.9 Å². The molecule has 0 aliphatic carbocycles. The van der Waals surface area contributed by atoms with Crippen molar-refractivity contribution in [1.29, 1.82) is 0 Å². The lowest BCUT2D eigenvalue weighted by Crippen LogP contribution is -2.40. The van der Waals surface area contributed by atoms with Crippen LogP contribution in [0.1, 0.15) is 16.7 Å². The van der Waals surface area contributed by atoms with E-state index in [1.807, 2.05) is 54.6 Å². The van der Waals surface area contributed by atoms with Crippen LogP contribution in [0.15, 0.2) is 91.0 Å². The molecule has 4 heteroatoms.